The van der Waals surface area contributed by atoms with Crippen molar-refractivity contribution in [1.29, 1.82) is 0 Å². The van der Waals surface area contributed by atoms with Crippen molar-refractivity contribution in [1.82, 2.24) is 20.4 Å². The second kappa shape index (κ2) is 14.8. The molecule has 9 heteroatoms. The standard InChI is InChI=1S/C27H46N4O4S/c1-7-9-10-11-12-15-22(35-29-19(3)4)26(34)31-18-13-14-21(31)24(32)28-23(20(5)8-2)25(33)30-36-27(6)16-17-27/h7-8,19-23,29H,1-2,9-18H2,3-6H3,(H,28,32)(H,30,33)/t20-,21?,22-,23?/m0/s1. The van der Waals surface area contributed by atoms with Crippen LogP contribution in [0.25, 0.3) is 0 Å². The molecule has 2 fully saturated rings. The molecule has 0 aromatic rings. The molecule has 3 amide bonds. The van der Waals surface area contributed by atoms with Gasteiger partial charge in [-0.25, -0.2) is 0 Å². The van der Waals surface area contributed by atoms with Gasteiger partial charge in [-0.05, 0) is 77.7 Å². The fraction of sp³-hybridized carbons (Fsp3) is 0.741. The molecule has 204 valence electrons. The fourth-order valence-electron chi connectivity index (χ4n) is 4.07. The highest BCUT2D eigenvalue weighted by Crippen LogP contribution is 2.46. The van der Waals surface area contributed by atoms with Crippen molar-refractivity contribution in [3.05, 3.63) is 25.3 Å². The predicted molar refractivity (Wildman–Crippen MR) is 146 cm³/mol. The highest BCUT2D eigenvalue weighted by Gasteiger charge is 2.41. The maximum Gasteiger partial charge on any atom is 0.254 e. The molecule has 8 nitrogen and oxygen atoms in total. The number of amides is 3. The van der Waals surface area contributed by atoms with Crippen LogP contribution in [0.2, 0.25) is 0 Å². The number of allylic oxidation sites excluding steroid dienone is 1. The van der Waals surface area contributed by atoms with Gasteiger partial charge in [0, 0.05) is 23.3 Å². The van der Waals surface area contributed by atoms with E-state index in [0.717, 1.165) is 44.9 Å². The molecule has 1 heterocycles. The number of hydrogen-bond acceptors (Lipinski definition) is 6. The van der Waals surface area contributed by atoms with Gasteiger partial charge in [0.2, 0.25) is 5.91 Å². The molecule has 1 aliphatic carbocycles. The molecule has 2 aliphatic rings. The second-order valence-electron chi connectivity index (χ2n) is 10.6. The molecule has 0 aromatic carbocycles. The van der Waals surface area contributed by atoms with Gasteiger partial charge in [0.15, 0.2) is 6.10 Å². The average Bonchev–Trinajstić information content (AvgIpc) is 3.38. The zero-order valence-corrected chi connectivity index (χ0v) is 23.3. The number of likely N-dealkylation sites (tertiary alicyclic amines) is 1. The molecule has 36 heavy (non-hydrogen) atoms. The van der Waals surface area contributed by atoms with E-state index >= 15 is 0 Å². The third-order valence-corrected chi connectivity index (χ3v) is 7.97. The van der Waals surface area contributed by atoms with E-state index < -0.39 is 18.2 Å². The first-order valence-corrected chi connectivity index (χ1v) is 14.2. The molecule has 0 bridgehead atoms. The second-order valence-corrected chi connectivity index (χ2v) is 12.0. The lowest BCUT2D eigenvalue weighted by Crippen LogP contribution is -2.56. The Morgan fingerprint density at radius 2 is 1.89 bits per heavy atom. The van der Waals surface area contributed by atoms with E-state index in [4.69, 9.17) is 4.84 Å². The maximum absolute atomic E-state index is 13.5. The quantitative estimate of drug-likeness (QED) is 0.115. The molecule has 1 saturated carbocycles. The van der Waals surface area contributed by atoms with Crippen LogP contribution in [0.15, 0.2) is 25.3 Å². The lowest BCUT2D eigenvalue weighted by atomic mass is 10.0. The van der Waals surface area contributed by atoms with Gasteiger partial charge in [-0.1, -0.05) is 31.9 Å². The first kappa shape index (κ1) is 30.4. The van der Waals surface area contributed by atoms with Crippen LogP contribution in [0.3, 0.4) is 0 Å². The summed E-state index contributed by atoms with van der Waals surface area (Å²) >= 11 is 1.42. The average molecular weight is 523 g/mol. The van der Waals surface area contributed by atoms with Crippen molar-refractivity contribution in [3.63, 3.8) is 0 Å². The smallest absolute Gasteiger partial charge is 0.254 e. The lowest BCUT2D eigenvalue weighted by molar-refractivity contribution is -0.154. The Kier molecular flexibility index (Phi) is 12.5. The van der Waals surface area contributed by atoms with Gasteiger partial charge in [-0.2, -0.15) is 5.48 Å². The molecule has 1 saturated heterocycles. The molecule has 0 aromatic heterocycles. The first-order valence-electron chi connectivity index (χ1n) is 13.3. The number of nitrogens with one attached hydrogen (secondary N) is 3. The Hall–Kier alpha value is -1.84. The van der Waals surface area contributed by atoms with Crippen LogP contribution < -0.4 is 15.5 Å². The Morgan fingerprint density at radius 3 is 2.50 bits per heavy atom. The number of hydrogen-bond donors (Lipinski definition) is 3. The van der Waals surface area contributed by atoms with Crippen LogP contribution >= 0.6 is 11.9 Å². The van der Waals surface area contributed by atoms with Crippen LogP contribution in [0, 0.1) is 5.92 Å². The SMILES string of the molecule is C=CCCCCC[C@H](ONC(C)C)C(=O)N1CCCC1C(=O)NC(C(=O)NSC1(C)CC1)[C@@H](C)C=C. The summed E-state index contributed by atoms with van der Waals surface area (Å²) in [6.45, 7) is 15.9. The van der Waals surface area contributed by atoms with E-state index in [-0.39, 0.29) is 34.4 Å². The maximum atomic E-state index is 13.5. The number of carbonyl (C=O) groups is 3. The van der Waals surface area contributed by atoms with Gasteiger partial charge in [-0.3, -0.25) is 23.9 Å². The summed E-state index contributed by atoms with van der Waals surface area (Å²) in [5.74, 6) is -0.987. The number of hydroxylamine groups is 1. The summed E-state index contributed by atoms with van der Waals surface area (Å²) in [5, 5.41) is 2.91. The van der Waals surface area contributed by atoms with Gasteiger partial charge in [-0.15, -0.1) is 13.2 Å². The monoisotopic (exact) mass is 522 g/mol. The number of carbonyl (C=O) groups excluding carboxylic acids is 3. The largest absolute Gasteiger partial charge is 0.342 e. The highest BCUT2D eigenvalue weighted by atomic mass is 32.2. The molecule has 1 aliphatic heterocycles. The topological polar surface area (TPSA) is 99.8 Å². The van der Waals surface area contributed by atoms with E-state index in [1.807, 2.05) is 26.8 Å². The molecule has 2 unspecified atom stereocenters. The third kappa shape index (κ3) is 9.56. The lowest BCUT2D eigenvalue weighted by Gasteiger charge is -2.30. The Bertz CT molecular complexity index is 771. The van der Waals surface area contributed by atoms with E-state index in [9.17, 15) is 14.4 Å². The molecule has 2 rings (SSSR count). The fourth-order valence-corrected chi connectivity index (χ4v) is 4.85. The van der Waals surface area contributed by atoms with Crippen molar-refractivity contribution in [2.24, 2.45) is 5.92 Å². The minimum atomic E-state index is -0.748. The van der Waals surface area contributed by atoms with E-state index in [1.54, 1.807) is 11.0 Å². The van der Waals surface area contributed by atoms with Crippen LogP contribution in [0.4, 0.5) is 0 Å². The van der Waals surface area contributed by atoms with Gasteiger partial charge < -0.3 is 10.2 Å². The number of unbranched alkanes of at least 4 members (excludes halogenated alkanes) is 3. The molecular weight excluding hydrogens is 476 g/mol. The highest BCUT2D eigenvalue weighted by molar-refractivity contribution is 7.99. The van der Waals surface area contributed by atoms with Crippen molar-refractivity contribution < 1.29 is 19.2 Å². The van der Waals surface area contributed by atoms with Crippen molar-refractivity contribution in [3.8, 4) is 0 Å². The molecule has 3 N–H and O–H groups in total. The van der Waals surface area contributed by atoms with E-state index in [0.29, 0.717) is 19.4 Å². The van der Waals surface area contributed by atoms with E-state index in [1.165, 1.54) is 11.9 Å². The number of nitrogens with zero attached hydrogens (tertiary/aromatic N) is 1. The van der Waals surface area contributed by atoms with Crippen LogP contribution in [0.5, 0.6) is 0 Å². The van der Waals surface area contributed by atoms with Gasteiger partial charge >= 0.3 is 0 Å². The van der Waals surface area contributed by atoms with Crippen molar-refractivity contribution >= 4 is 29.7 Å². The normalized spacial score (nSPS) is 20.9. The minimum Gasteiger partial charge on any atom is -0.342 e. The summed E-state index contributed by atoms with van der Waals surface area (Å²) < 4.78 is 3.00. The Balaban J connectivity index is 2.03. The predicted octanol–water partition coefficient (Wildman–Crippen LogP) is 4.04. The van der Waals surface area contributed by atoms with Crippen molar-refractivity contribution in [2.45, 2.75) is 114 Å². The Morgan fingerprint density at radius 1 is 1.17 bits per heavy atom. The molecule has 0 spiro atoms. The molecule has 0 radical (unpaired) electrons. The van der Waals surface area contributed by atoms with Gasteiger partial charge in [0.25, 0.3) is 11.8 Å². The Labute approximate surface area is 221 Å². The zero-order valence-electron chi connectivity index (χ0n) is 22.5. The molecule has 4 atom stereocenters. The van der Waals surface area contributed by atoms with Crippen LogP contribution in [-0.4, -0.2) is 58.1 Å². The van der Waals surface area contributed by atoms with Crippen LogP contribution in [0.1, 0.15) is 85.5 Å². The minimum absolute atomic E-state index is 0.0640. The third-order valence-electron chi connectivity index (χ3n) is 6.76. The summed E-state index contributed by atoms with van der Waals surface area (Å²) in [4.78, 5) is 47.2. The van der Waals surface area contributed by atoms with E-state index in [2.05, 4.69) is 35.6 Å². The van der Waals surface area contributed by atoms with Gasteiger partial charge in [0.1, 0.15) is 12.1 Å². The van der Waals surface area contributed by atoms with Gasteiger partial charge in [0.05, 0.1) is 0 Å². The first-order chi connectivity index (χ1) is 17.1. The summed E-state index contributed by atoms with van der Waals surface area (Å²) in [6, 6.07) is -1.31. The zero-order chi connectivity index (χ0) is 26.7. The summed E-state index contributed by atoms with van der Waals surface area (Å²) in [6.07, 6.45) is 10.7. The van der Waals surface area contributed by atoms with Crippen molar-refractivity contribution in [2.75, 3.05) is 6.54 Å². The van der Waals surface area contributed by atoms with Crippen LogP contribution in [-0.2, 0) is 19.2 Å². The summed E-state index contributed by atoms with van der Waals surface area (Å²) in [5.41, 5.74) is 2.92. The number of rotatable bonds is 17. The molecular formula is C27H46N4O4S. The summed E-state index contributed by atoms with van der Waals surface area (Å²) in [7, 11) is 0.